The van der Waals surface area contributed by atoms with Crippen LogP contribution in [0.15, 0.2) is 11.1 Å². The van der Waals surface area contributed by atoms with Gasteiger partial charge in [0.05, 0.1) is 22.5 Å². The fraction of sp³-hybridized carbons (Fsp3) is 0.579. The SMILES string of the molecule is CCCCCn1cnc2sc(C(=O)N3CCCC(C(=O)O)C3)c(C)c2c1=O. The molecular formula is C19H25N3O4S. The summed E-state index contributed by atoms with van der Waals surface area (Å²) in [5, 5.41) is 9.75. The van der Waals surface area contributed by atoms with E-state index in [0.29, 0.717) is 46.6 Å². The van der Waals surface area contributed by atoms with E-state index in [9.17, 15) is 19.5 Å². The molecular weight excluding hydrogens is 366 g/mol. The van der Waals surface area contributed by atoms with Crippen molar-refractivity contribution in [2.45, 2.75) is 52.5 Å². The van der Waals surface area contributed by atoms with Gasteiger partial charge in [0.25, 0.3) is 11.5 Å². The number of piperidine rings is 1. The summed E-state index contributed by atoms with van der Waals surface area (Å²) in [6, 6.07) is 0. The Kier molecular flexibility index (Phi) is 5.94. The largest absolute Gasteiger partial charge is 0.481 e. The van der Waals surface area contributed by atoms with Crippen LogP contribution in [0.4, 0.5) is 0 Å². The lowest BCUT2D eigenvalue weighted by atomic mass is 9.98. The summed E-state index contributed by atoms with van der Waals surface area (Å²) in [4.78, 5) is 44.1. The van der Waals surface area contributed by atoms with Crippen LogP contribution in [0.5, 0.6) is 0 Å². The third kappa shape index (κ3) is 3.90. The number of fused-ring (bicyclic) bond motifs is 1. The van der Waals surface area contributed by atoms with Gasteiger partial charge in [-0.15, -0.1) is 11.3 Å². The van der Waals surface area contributed by atoms with Crippen molar-refractivity contribution in [2.75, 3.05) is 13.1 Å². The van der Waals surface area contributed by atoms with Crippen LogP contribution in [0.1, 0.15) is 54.3 Å². The number of carboxylic acids is 1. The number of nitrogens with zero attached hydrogens (tertiary/aromatic N) is 3. The molecule has 7 nitrogen and oxygen atoms in total. The molecule has 1 fully saturated rings. The second-order valence-corrected chi connectivity index (χ2v) is 8.11. The summed E-state index contributed by atoms with van der Waals surface area (Å²) in [5.74, 6) is -1.58. The highest BCUT2D eigenvalue weighted by molar-refractivity contribution is 7.20. The van der Waals surface area contributed by atoms with E-state index < -0.39 is 11.9 Å². The number of aryl methyl sites for hydroxylation is 2. The number of carboxylic acid groups (broad SMARTS) is 1. The van der Waals surface area contributed by atoms with Crippen LogP contribution in [-0.2, 0) is 11.3 Å². The van der Waals surface area contributed by atoms with Gasteiger partial charge in [0.2, 0.25) is 0 Å². The molecule has 1 saturated heterocycles. The highest BCUT2D eigenvalue weighted by Crippen LogP contribution is 2.29. The molecule has 0 spiro atoms. The molecule has 1 amide bonds. The first-order valence-electron chi connectivity index (χ1n) is 9.44. The maximum Gasteiger partial charge on any atom is 0.308 e. The Morgan fingerprint density at radius 3 is 2.85 bits per heavy atom. The number of hydrogen-bond acceptors (Lipinski definition) is 5. The van der Waals surface area contributed by atoms with Crippen molar-refractivity contribution in [3.63, 3.8) is 0 Å². The van der Waals surface area contributed by atoms with Gasteiger partial charge < -0.3 is 10.0 Å². The lowest BCUT2D eigenvalue weighted by molar-refractivity contribution is -0.143. The first-order valence-corrected chi connectivity index (χ1v) is 10.3. The van der Waals surface area contributed by atoms with Crippen LogP contribution < -0.4 is 5.56 Å². The number of likely N-dealkylation sites (tertiary alicyclic amines) is 1. The summed E-state index contributed by atoms with van der Waals surface area (Å²) >= 11 is 1.22. The molecule has 0 saturated carbocycles. The second-order valence-electron chi connectivity index (χ2n) is 7.12. The molecule has 0 radical (unpaired) electrons. The third-order valence-corrected chi connectivity index (χ3v) is 6.36. The number of aliphatic carboxylic acids is 1. The van der Waals surface area contributed by atoms with Gasteiger partial charge >= 0.3 is 5.97 Å². The number of unbranched alkanes of at least 4 members (excludes halogenated alkanes) is 2. The van der Waals surface area contributed by atoms with Crippen molar-refractivity contribution in [1.82, 2.24) is 14.5 Å². The minimum Gasteiger partial charge on any atom is -0.481 e. The number of amides is 1. The average Bonchev–Trinajstić information content (AvgIpc) is 3.00. The fourth-order valence-corrected chi connectivity index (χ4v) is 4.67. The number of aromatic nitrogens is 2. The van der Waals surface area contributed by atoms with Crippen LogP contribution >= 0.6 is 11.3 Å². The van der Waals surface area contributed by atoms with Gasteiger partial charge in [-0.1, -0.05) is 19.8 Å². The van der Waals surface area contributed by atoms with Gasteiger partial charge in [-0.2, -0.15) is 0 Å². The quantitative estimate of drug-likeness (QED) is 0.765. The van der Waals surface area contributed by atoms with Crippen molar-refractivity contribution >= 4 is 33.4 Å². The van der Waals surface area contributed by atoms with E-state index in [0.717, 1.165) is 19.3 Å². The van der Waals surface area contributed by atoms with Gasteiger partial charge in [0.1, 0.15) is 4.83 Å². The summed E-state index contributed by atoms with van der Waals surface area (Å²) in [6.45, 7) is 5.28. The van der Waals surface area contributed by atoms with Crippen molar-refractivity contribution in [2.24, 2.45) is 5.92 Å². The predicted molar refractivity (Wildman–Crippen MR) is 104 cm³/mol. The van der Waals surface area contributed by atoms with E-state index in [1.54, 1.807) is 22.7 Å². The van der Waals surface area contributed by atoms with Gasteiger partial charge in [-0.05, 0) is 31.7 Å². The topological polar surface area (TPSA) is 92.5 Å². The van der Waals surface area contributed by atoms with Crippen molar-refractivity contribution in [3.05, 3.63) is 27.1 Å². The zero-order valence-electron chi connectivity index (χ0n) is 15.7. The third-order valence-electron chi connectivity index (χ3n) is 5.17. The summed E-state index contributed by atoms with van der Waals surface area (Å²) in [7, 11) is 0. The number of carbonyl (C=O) groups is 2. The van der Waals surface area contributed by atoms with Crippen LogP contribution in [0, 0.1) is 12.8 Å². The standard InChI is InChI=1S/C19H25N3O4S/c1-3-4-5-8-22-11-20-16-14(17(22)23)12(2)15(27-16)18(24)21-9-6-7-13(10-21)19(25)26/h11,13H,3-10H2,1-2H3,(H,25,26). The Labute approximate surface area is 161 Å². The van der Waals surface area contributed by atoms with Crippen LogP contribution in [0.3, 0.4) is 0 Å². The highest BCUT2D eigenvalue weighted by Gasteiger charge is 2.30. The molecule has 1 N–H and O–H groups in total. The average molecular weight is 391 g/mol. The zero-order valence-corrected chi connectivity index (χ0v) is 16.5. The van der Waals surface area contributed by atoms with E-state index in [-0.39, 0.29) is 18.0 Å². The van der Waals surface area contributed by atoms with E-state index >= 15 is 0 Å². The molecule has 27 heavy (non-hydrogen) atoms. The monoisotopic (exact) mass is 391 g/mol. The Balaban J connectivity index is 1.90. The molecule has 0 aliphatic carbocycles. The molecule has 1 unspecified atom stereocenters. The molecule has 1 aliphatic heterocycles. The Bertz CT molecular complexity index is 918. The normalized spacial score (nSPS) is 17.4. The summed E-state index contributed by atoms with van der Waals surface area (Å²) < 4.78 is 1.62. The van der Waals surface area contributed by atoms with E-state index in [1.807, 2.05) is 0 Å². The molecule has 3 heterocycles. The molecule has 1 atom stereocenters. The summed E-state index contributed by atoms with van der Waals surface area (Å²) in [5.41, 5.74) is 0.547. The molecule has 1 aliphatic rings. The molecule has 2 aromatic rings. The first kappa shape index (κ1) is 19.5. The second kappa shape index (κ2) is 8.21. The van der Waals surface area contributed by atoms with E-state index in [4.69, 9.17) is 0 Å². The minimum atomic E-state index is -0.864. The minimum absolute atomic E-state index is 0.106. The van der Waals surface area contributed by atoms with Crippen LogP contribution in [0.25, 0.3) is 10.2 Å². The van der Waals surface area contributed by atoms with E-state index in [1.165, 1.54) is 11.3 Å². The number of carbonyl (C=O) groups excluding carboxylic acids is 1. The maximum atomic E-state index is 13.0. The first-order chi connectivity index (χ1) is 12.9. The van der Waals surface area contributed by atoms with Gasteiger partial charge in [-0.3, -0.25) is 19.0 Å². The smallest absolute Gasteiger partial charge is 0.308 e. The Morgan fingerprint density at radius 1 is 1.37 bits per heavy atom. The van der Waals surface area contributed by atoms with Crippen molar-refractivity contribution in [3.8, 4) is 0 Å². The Hall–Kier alpha value is -2.22. The lowest BCUT2D eigenvalue weighted by Gasteiger charge is -2.30. The molecule has 146 valence electrons. The van der Waals surface area contributed by atoms with E-state index in [2.05, 4.69) is 11.9 Å². The summed E-state index contributed by atoms with van der Waals surface area (Å²) in [6.07, 6.45) is 5.88. The number of rotatable bonds is 6. The van der Waals surface area contributed by atoms with Crippen LogP contribution in [0.2, 0.25) is 0 Å². The molecule has 0 aromatic carbocycles. The zero-order chi connectivity index (χ0) is 19.6. The molecule has 3 rings (SSSR count). The van der Waals surface area contributed by atoms with Gasteiger partial charge in [0, 0.05) is 19.6 Å². The van der Waals surface area contributed by atoms with Crippen molar-refractivity contribution in [1.29, 1.82) is 0 Å². The van der Waals surface area contributed by atoms with Gasteiger partial charge in [0.15, 0.2) is 0 Å². The number of hydrogen-bond donors (Lipinski definition) is 1. The fourth-order valence-electron chi connectivity index (χ4n) is 3.56. The van der Waals surface area contributed by atoms with Crippen molar-refractivity contribution < 1.29 is 14.7 Å². The molecule has 8 heteroatoms. The maximum absolute atomic E-state index is 13.0. The van der Waals surface area contributed by atoms with Gasteiger partial charge in [-0.25, -0.2) is 4.98 Å². The predicted octanol–water partition coefficient (Wildman–Crippen LogP) is 2.89. The number of thiophene rings is 1. The van der Waals surface area contributed by atoms with Crippen LogP contribution in [-0.4, -0.2) is 44.5 Å². The molecule has 2 aromatic heterocycles. The Morgan fingerprint density at radius 2 is 2.15 bits per heavy atom. The lowest BCUT2D eigenvalue weighted by Crippen LogP contribution is -2.42. The highest BCUT2D eigenvalue weighted by atomic mass is 32.1. The molecule has 0 bridgehead atoms.